The summed E-state index contributed by atoms with van der Waals surface area (Å²) in [5.74, 6) is -0.0992. The molecule has 0 saturated heterocycles. The van der Waals surface area contributed by atoms with Crippen molar-refractivity contribution in [3.05, 3.63) is 53.1 Å². The predicted molar refractivity (Wildman–Crippen MR) is 97.6 cm³/mol. The molecule has 1 atom stereocenters. The number of halogens is 1. The van der Waals surface area contributed by atoms with Crippen LogP contribution in [0.5, 0.6) is 5.75 Å². The van der Waals surface area contributed by atoms with E-state index in [4.69, 9.17) is 16.3 Å². The average molecular weight is 383 g/mol. The van der Waals surface area contributed by atoms with E-state index in [1.165, 1.54) is 32.2 Å². The Morgan fingerprint density at radius 1 is 1.16 bits per heavy atom. The third-order valence-corrected chi connectivity index (χ3v) is 5.31. The van der Waals surface area contributed by atoms with Gasteiger partial charge in [0.15, 0.2) is 0 Å². The van der Waals surface area contributed by atoms with Crippen LogP contribution in [-0.4, -0.2) is 27.5 Å². The van der Waals surface area contributed by atoms with Crippen molar-refractivity contribution < 1.29 is 17.9 Å². The number of hydrogen-bond donors (Lipinski definition) is 2. The molecule has 0 fully saturated rings. The lowest BCUT2D eigenvalue weighted by Gasteiger charge is -2.15. The van der Waals surface area contributed by atoms with Crippen LogP contribution in [0.15, 0.2) is 47.4 Å². The summed E-state index contributed by atoms with van der Waals surface area (Å²) in [6, 6.07) is 10.3. The zero-order chi connectivity index (χ0) is 18.6. The van der Waals surface area contributed by atoms with E-state index in [1.54, 1.807) is 12.1 Å². The summed E-state index contributed by atoms with van der Waals surface area (Å²) < 4.78 is 32.1. The SMILES string of the molecule is COc1ccc(S(=O)(=O)N[C@@H](C)C(=O)Nc2ccc(C)cc2)cc1Cl. The number of amides is 1. The highest BCUT2D eigenvalue weighted by atomic mass is 35.5. The smallest absolute Gasteiger partial charge is 0.242 e. The Kier molecular flexibility index (Phi) is 6.05. The number of carbonyl (C=O) groups excluding carboxylic acids is 1. The first-order valence-corrected chi connectivity index (χ1v) is 9.32. The molecule has 2 rings (SSSR count). The topological polar surface area (TPSA) is 84.5 Å². The molecule has 2 N–H and O–H groups in total. The van der Waals surface area contributed by atoms with Gasteiger partial charge in [-0.15, -0.1) is 0 Å². The van der Waals surface area contributed by atoms with Gasteiger partial charge in [0.2, 0.25) is 15.9 Å². The fourth-order valence-electron chi connectivity index (χ4n) is 2.06. The zero-order valence-corrected chi connectivity index (χ0v) is 15.6. The van der Waals surface area contributed by atoms with Crippen molar-refractivity contribution in [3.63, 3.8) is 0 Å². The number of ether oxygens (including phenoxy) is 1. The Bertz CT molecular complexity index is 867. The van der Waals surface area contributed by atoms with Crippen LogP contribution in [0.3, 0.4) is 0 Å². The van der Waals surface area contributed by atoms with E-state index in [-0.39, 0.29) is 9.92 Å². The van der Waals surface area contributed by atoms with Gasteiger partial charge in [-0.1, -0.05) is 29.3 Å². The first kappa shape index (κ1) is 19.2. The van der Waals surface area contributed by atoms with Crippen molar-refractivity contribution in [1.29, 1.82) is 0 Å². The van der Waals surface area contributed by atoms with Crippen LogP contribution in [0.25, 0.3) is 0 Å². The average Bonchev–Trinajstić information content (AvgIpc) is 2.56. The number of anilines is 1. The van der Waals surface area contributed by atoms with E-state index >= 15 is 0 Å². The molecule has 2 aromatic carbocycles. The molecular weight excluding hydrogens is 364 g/mol. The van der Waals surface area contributed by atoms with Crippen molar-refractivity contribution in [3.8, 4) is 5.75 Å². The van der Waals surface area contributed by atoms with Crippen LogP contribution in [0.1, 0.15) is 12.5 Å². The van der Waals surface area contributed by atoms with Gasteiger partial charge in [-0.3, -0.25) is 4.79 Å². The Morgan fingerprint density at radius 2 is 1.80 bits per heavy atom. The molecule has 0 aromatic heterocycles. The molecule has 8 heteroatoms. The van der Waals surface area contributed by atoms with Crippen molar-refractivity contribution >= 4 is 33.2 Å². The molecule has 0 aliphatic rings. The van der Waals surface area contributed by atoms with Gasteiger partial charge >= 0.3 is 0 Å². The summed E-state index contributed by atoms with van der Waals surface area (Å²) in [5, 5.41) is 2.83. The molecule has 2 aromatic rings. The second kappa shape index (κ2) is 7.86. The molecule has 0 unspecified atom stereocenters. The molecule has 0 bridgehead atoms. The molecule has 0 saturated carbocycles. The lowest BCUT2D eigenvalue weighted by molar-refractivity contribution is -0.117. The maximum absolute atomic E-state index is 12.4. The first-order valence-electron chi connectivity index (χ1n) is 7.46. The van der Waals surface area contributed by atoms with Crippen molar-refractivity contribution in [2.45, 2.75) is 24.8 Å². The Balaban J connectivity index is 2.09. The second-order valence-electron chi connectivity index (χ2n) is 5.49. The molecule has 134 valence electrons. The molecule has 0 heterocycles. The van der Waals surface area contributed by atoms with E-state index in [1.807, 2.05) is 19.1 Å². The van der Waals surface area contributed by atoms with E-state index in [2.05, 4.69) is 10.0 Å². The minimum absolute atomic E-state index is 0.0479. The van der Waals surface area contributed by atoms with Crippen LogP contribution in [0, 0.1) is 6.92 Å². The third kappa shape index (κ3) is 4.94. The minimum atomic E-state index is -3.90. The Labute approximate surface area is 152 Å². The fourth-order valence-corrected chi connectivity index (χ4v) is 3.61. The molecule has 0 aliphatic heterocycles. The molecule has 25 heavy (non-hydrogen) atoms. The number of hydrogen-bond acceptors (Lipinski definition) is 4. The van der Waals surface area contributed by atoms with Gasteiger partial charge in [0.1, 0.15) is 5.75 Å². The van der Waals surface area contributed by atoms with Gasteiger partial charge in [-0.05, 0) is 44.2 Å². The maximum Gasteiger partial charge on any atom is 0.242 e. The number of aryl methyl sites for hydroxylation is 1. The number of methoxy groups -OCH3 is 1. The molecule has 0 radical (unpaired) electrons. The summed E-state index contributed by atoms with van der Waals surface area (Å²) in [6.45, 7) is 3.40. The largest absolute Gasteiger partial charge is 0.495 e. The first-order chi connectivity index (χ1) is 11.7. The van der Waals surface area contributed by atoms with Crippen LogP contribution in [-0.2, 0) is 14.8 Å². The summed E-state index contributed by atoms with van der Waals surface area (Å²) in [4.78, 5) is 12.1. The molecule has 6 nitrogen and oxygen atoms in total. The van der Waals surface area contributed by atoms with Gasteiger partial charge in [-0.2, -0.15) is 4.72 Å². The molecular formula is C17H19ClN2O4S. The minimum Gasteiger partial charge on any atom is -0.495 e. The van der Waals surface area contributed by atoms with Gasteiger partial charge in [0.05, 0.1) is 23.1 Å². The van der Waals surface area contributed by atoms with Crippen LogP contribution in [0.2, 0.25) is 5.02 Å². The van der Waals surface area contributed by atoms with Crippen molar-refractivity contribution in [2.75, 3.05) is 12.4 Å². The van der Waals surface area contributed by atoms with E-state index in [9.17, 15) is 13.2 Å². The monoisotopic (exact) mass is 382 g/mol. The van der Waals surface area contributed by atoms with E-state index < -0.39 is 22.0 Å². The number of benzene rings is 2. The Hall–Kier alpha value is -2.09. The number of sulfonamides is 1. The van der Waals surface area contributed by atoms with Crippen LogP contribution >= 0.6 is 11.6 Å². The third-order valence-electron chi connectivity index (χ3n) is 3.48. The van der Waals surface area contributed by atoms with Gasteiger partial charge in [0.25, 0.3) is 0 Å². The highest BCUT2D eigenvalue weighted by Crippen LogP contribution is 2.26. The van der Waals surface area contributed by atoms with E-state index in [0.717, 1.165) is 5.56 Å². The maximum atomic E-state index is 12.4. The number of rotatable bonds is 6. The predicted octanol–water partition coefficient (Wildman–Crippen LogP) is 2.96. The van der Waals surface area contributed by atoms with E-state index in [0.29, 0.717) is 11.4 Å². The second-order valence-corrected chi connectivity index (χ2v) is 7.62. The number of nitrogens with one attached hydrogen (secondary N) is 2. The highest BCUT2D eigenvalue weighted by Gasteiger charge is 2.23. The zero-order valence-electron chi connectivity index (χ0n) is 14.0. The van der Waals surface area contributed by atoms with Gasteiger partial charge < -0.3 is 10.1 Å². The number of carbonyl (C=O) groups is 1. The van der Waals surface area contributed by atoms with Crippen molar-refractivity contribution in [1.82, 2.24) is 4.72 Å². The molecule has 0 spiro atoms. The molecule has 0 aliphatic carbocycles. The quantitative estimate of drug-likeness (QED) is 0.804. The standard InChI is InChI=1S/C17H19ClN2O4S/c1-11-4-6-13(7-5-11)19-17(21)12(2)20-25(22,23)14-8-9-16(24-3)15(18)10-14/h4-10,12,20H,1-3H3,(H,19,21)/t12-/m0/s1. The lowest BCUT2D eigenvalue weighted by Crippen LogP contribution is -2.41. The van der Waals surface area contributed by atoms with Gasteiger partial charge in [0, 0.05) is 5.69 Å². The summed E-state index contributed by atoms with van der Waals surface area (Å²) in [6.07, 6.45) is 0. The fraction of sp³-hybridized carbons (Fsp3) is 0.235. The summed E-state index contributed by atoms with van der Waals surface area (Å²) in [7, 11) is -2.47. The summed E-state index contributed by atoms with van der Waals surface area (Å²) in [5.41, 5.74) is 1.65. The van der Waals surface area contributed by atoms with Crippen molar-refractivity contribution in [2.24, 2.45) is 0 Å². The normalized spacial score (nSPS) is 12.5. The highest BCUT2D eigenvalue weighted by molar-refractivity contribution is 7.89. The van der Waals surface area contributed by atoms with Gasteiger partial charge in [-0.25, -0.2) is 8.42 Å². The van der Waals surface area contributed by atoms with Crippen LogP contribution < -0.4 is 14.8 Å². The Morgan fingerprint density at radius 3 is 2.36 bits per heavy atom. The van der Waals surface area contributed by atoms with Crippen LogP contribution in [0.4, 0.5) is 5.69 Å². The summed E-state index contributed by atoms with van der Waals surface area (Å²) >= 11 is 5.96. The lowest BCUT2D eigenvalue weighted by atomic mass is 10.2. The molecule has 1 amide bonds.